The molecule has 6 aromatic rings. The Hall–Kier alpha value is -6.85. The minimum Gasteiger partial charge on any atom is -0.457 e. The zero-order chi connectivity index (χ0) is 45.4. The van der Waals surface area contributed by atoms with Crippen molar-refractivity contribution in [3.05, 3.63) is 138 Å². The van der Waals surface area contributed by atoms with Gasteiger partial charge < -0.3 is 41.0 Å². The number of urea groups is 2. The minimum absolute atomic E-state index is 0.138. The molecule has 0 aliphatic carbocycles. The normalized spacial score (nSPS) is 10.4. The molecule has 63 heavy (non-hydrogen) atoms. The van der Waals surface area contributed by atoms with E-state index < -0.39 is 12.1 Å². The molecule has 0 unspecified atom stereocenters. The zero-order valence-corrected chi connectivity index (χ0v) is 37.3. The van der Waals surface area contributed by atoms with Crippen LogP contribution in [0.25, 0.3) is 0 Å². The molecule has 0 spiro atoms. The Morgan fingerprint density at radius 1 is 0.571 bits per heavy atom. The van der Waals surface area contributed by atoms with Crippen molar-refractivity contribution < 1.29 is 19.1 Å². The van der Waals surface area contributed by atoms with Gasteiger partial charge in [0.15, 0.2) is 0 Å². The van der Waals surface area contributed by atoms with E-state index in [0.29, 0.717) is 40.1 Å². The summed E-state index contributed by atoms with van der Waals surface area (Å²) in [6.07, 6.45) is 2.09. The highest BCUT2D eigenvalue weighted by atomic mass is 35.5. The molecule has 6 rings (SSSR count). The maximum absolute atomic E-state index is 12.4. The maximum Gasteiger partial charge on any atom is 0.326 e. The Kier molecular flexibility index (Phi) is 20.5. The SMILES string of the molecule is CN(C)CCCN.Cc1cc(Cl)nc(NC(=O)Nc2cccc(Oc3ccccc3)c2)n1.Cc1cc(NCCCN(C)C)nc(NC(=O)Nc2cccc(Oc3ccccc3)c2)n1. The molecule has 7 N–H and O–H groups in total. The smallest absolute Gasteiger partial charge is 0.326 e. The molecular weight excluding hydrogens is 820 g/mol. The molecule has 0 fully saturated rings. The molecule has 16 nitrogen and oxygen atoms in total. The number of nitrogens with two attached hydrogens (primary N) is 1. The Morgan fingerprint density at radius 2 is 1.03 bits per heavy atom. The number of anilines is 5. The van der Waals surface area contributed by atoms with Crippen LogP contribution in [0.1, 0.15) is 24.2 Å². The average Bonchev–Trinajstić information content (AvgIpc) is 3.22. The summed E-state index contributed by atoms with van der Waals surface area (Å²) in [7, 11) is 8.18. The van der Waals surface area contributed by atoms with Gasteiger partial charge in [-0.3, -0.25) is 10.6 Å². The van der Waals surface area contributed by atoms with Gasteiger partial charge in [-0.2, -0.15) is 4.98 Å². The number of amides is 4. The van der Waals surface area contributed by atoms with E-state index >= 15 is 0 Å². The lowest BCUT2D eigenvalue weighted by molar-refractivity contribution is 0.261. The first-order valence-corrected chi connectivity index (χ1v) is 20.6. The van der Waals surface area contributed by atoms with Crippen molar-refractivity contribution in [3.63, 3.8) is 0 Å². The molecule has 0 aliphatic heterocycles. The van der Waals surface area contributed by atoms with Gasteiger partial charge in [0.1, 0.15) is 34.0 Å². The van der Waals surface area contributed by atoms with Crippen LogP contribution in [0.3, 0.4) is 0 Å². The molecule has 2 heterocycles. The fraction of sp³-hybridized carbons (Fsp3) is 0.261. The van der Waals surface area contributed by atoms with Crippen LogP contribution >= 0.6 is 11.6 Å². The number of rotatable bonds is 16. The van der Waals surface area contributed by atoms with E-state index in [0.717, 1.165) is 50.5 Å². The first-order chi connectivity index (χ1) is 30.3. The van der Waals surface area contributed by atoms with Crippen LogP contribution in [0.4, 0.5) is 38.7 Å². The molecule has 0 saturated carbocycles. The van der Waals surface area contributed by atoms with Crippen LogP contribution in [0.2, 0.25) is 5.15 Å². The summed E-state index contributed by atoms with van der Waals surface area (Å²) in [5, 5.41) is 14.3. The molecule has 0 radical (unpaired) electrons. The third kappa shape index (κ3) is 20.0. The number of hydrogen-bond acceptors (Lipinski definition) is 12. The molecule has 0 bridgehead atoms. The summed E-state index contributed by atoms with van der Waals surface area (Å²) in [4.78, 5) is 45.5. The third-order valence-corrected chi connectivity index (χ3v) is 8.36. The van der Waals surface area contributed by atoms with E-state index in [9.17, 15) is 9.59 Å². The molecule has 0 saturated heterocycles. The predicted octanol–water partition coefficient (Wildman–Crippen LogP) is 9.36. The quantitative estimate of drug-likeness (QED) is 0.0399. The Labute approximate surface area is 374 Å². The summed E-state index contributed by atoms with van der Waals surface area (Å²) in [6, 6.07) is 35.6. The molecule has 0 atom stereocenters. The molecule has 4 amide bonds. The van der Waals surface area contributed by atoms with Gasteiger partial charge in [-0.25, -0.2) is 24.5 Å². The Morgan fingerprint density at radius 3 is 1.49 bits per heavy atom. The van der Waals surface area contributed by atoms with Crippen molar-refractivity contribution in [2.45, 2.75) is 26.7 Å². The second-order valence-electron chi connectivity index (χ2n) is 14.4. The summed E-state index contributed by atoms with van der Waals surface area (Å²) in [6.45, 7) is 7.31. The van der Waals surface area contributed by atoms with Gasteiger partial charge in [0, 0.05) is 47.5 Å². The summed E-state index contributed by atoms with van der Waals surface area (Å²) in [5.41, 5.74) is 7.85. The first-order valence-electron chi connectivity index (χ1n) is 20.3. The Balaban J connectivity index is 0.000000244. The van der Waals surface area contributed by atoms with Gasteiger partial charge in [-0.05, 0) is 129 Å². The number of benzene rings is 4. The summed E-state index contributed by atoms with van der Waals surface area (Å²) < 4.78 is 11.5. The molecule has 4 aromatic carbocycles. The van der Waals surface area contributed by atoms with Crippen molar-refractivity contribution in [1.29, 1.82) is 0 Å². The summed E-state index contributed by atoms with van der Waals surface area (Å²) >= 11 is 5.85. The van der Waals surface area contributed by atoms with E-state index in [2.05, 4.69) is 70.4 Å². The van der Waals surface area contributed by atoms with Gasteiger partial charge in [0.2, 0.25) is 11.9 Å². The first kappa shape index (κ1) is 48.8. The topological polar surface area (TPSA) is 197 Å². The average molecular weight is 877 g/mol. The second-order valence-corrected chi connectivity index (χ2v) is 14.8. The maximum atomic E-state index is 12.4. The number of aryl methyl sites for hydroxylation is 2. The van der Waals surface area contributed by atoms with Crippen LogP contribution in [-0.2, 0) is 0 Å². The second kappa shape index (κ2) is 26.5. The van der Waals surface area contributed by atoms with Gasteiger partial charge in [0.05, 0.1) is 0 Å². The number of nitrogens with zero attached hydrogens (tertiary/aromatic N) is 6. The number of carbonyl (C=O) groups excluding carboxylic acids is 2. The number of aromatic nitrogens is 4. The highest BCUT2D eigenvalue weighted by molar-refractivity contribution is 6.29. The number of para-hydroxylation sites is 2. The lowest BCUT2D eigenvalue weighted by Crippen LogP contribution is -2.21. The van der Waals surface area contributed by atoms with Crippen LogP contribution in [0.15, 0.2) is 121 Å². The number of hydrogen-bond donors (Lipinski definition) is 6. The highest BCUT2D eigenvalue weighted by Gasteiger charge is 2.10. The molecule has 332 valence electrons. The van der Waals surface area contributed by atoms with E-state index in [4.69, 9.17) is 26.8 Å². The van der Waals surface area contributed by atoms with Gasteiger partial charge >= 0.3 is 12.1 Å². The lowest BCUT2D eigenvalue weighted by Gasteiger charge is -2.12. The van der Waals surface area contributed by atoms with Crippen LogP contribution < -0.4 is 41.8 Å². The monoisotopic (exact) mass is 876 g/mol. The lowest BCUT2D eigenvalue weighted by atomic mass is 10.3. The van der Waals surface area contributed by atoms with E-state index in [1.165, 1.54) is 0 Å². The largest absolute Gasteiger partial charge is 0.457 e. The van der Waals surface area contributed by atoms with Crippen molar-refractivity contribution in [1.82, 2.24) is 29.7 Å². The van der Waals surface area contributed by atoms with Crippen molar-refractivity contribution in [3.8, 4) is 23.0 Å². The molecule has 17 heteroatoms. The number of nitrogens with one attached hydrogen (secondary N) is 5. The third-order valence-electron chi connectivity index (χ3n) is 8.17. The van der Waals surface area contributed by atoms with E-state index in [-0.39, 0.29) is 17.0 Å². The number of halogens is 1. The Bertz CT molecular complexity index is 2280. The fourth-order valence-corrected chi connectivity index (χ4v) is 5.61. The van der Waals surface area contributed by atoms with Crippen LogP contribution in [0.5, 0.6) is 23.0 Å². The van der Waals surface area contributed by atoms with E-state index in [1.54, 1.807) is 49.4 Å². The molecular formula is C46H57ClN12O4. The van der Waals surface area contributed by atoms with E-state index in [1.807, 2.05) is 99.9 Å². The highest BCUT2D eigenvalue weighted by Crippen LogP contribution is 2.25. The van der Waals surface area contributed by atoms with Crippen molar-refractivity contribution in [2.75, 3.05) is 81.0 Å². The van der Waals surface area contributed by atoms with Crippen molar-refractivity contribution >= 4 is 52.8 Å². The summed E-state index contributed by atoms with van der Waals surface area (Å²) in [5.74, 6) is 3.73. The minimum atomic E-state index is -0.474. The number of ether oxygens (including phenoxy) is 2. The van der Waals surface area contributed by atoms with Gasteiger partial charge in [0.25, 0.3) is 0 Å². The predicted molar refractivity (Wildman–Crippen MR) is 254 cm³/mol. The van der Waals surface area contributed by atoms with Gasteiger partial charge in [-0.15, -0.1) is 0 Å². The standard InChI is InChI=1S/C23H28N6O2.C18H15ClN4O2.C5H14N2/c1-17-15-21(24-13-8-14-29(2)3)27-22(25-17)28-23(30)26-18-9-7-12-20(16-18)31-19-10-5-4-6-11-19;1-12-10-16(19)22-17(20-12)23-18(24)21-13-6-5-9-15(11-13)25-14-7-3-2-4-8-14;1-7(2)5-3-4-6/h4-7,9-12,15-16H,8,13-14H2,1-3H3,(H3,24,25,26,27,28,30);2-11H,1H3,(H2,20,21,22,23,24);3-6H2,1-2H3. The molecule has 2 aromatic heterocycles. The fourth-order valence-electron chi connectivity index (χ4n) is 5.37. The number of carbonyl (C=O) groups is 2. The zero-order valence-electron chi connectivity index (χ0n) is 36.6. The molecule has 0 aliphatic rings. The van der Waals surface area contributed by atoms with Crippen LogP contribution in [0, 0.1) is 13.8 Å². The van der Waals surface area contributed by atoms with Crippen molar-refractivity contribution in [2.24, 2.45) is 5.73 Å². The van der Waals surface area contributed by atoms with Crippen LogP contribution in [-0.4, -0.2) is 96.2 Å². The van der Waals surface area contributed by atoms with Gasteiger partial charge in [-0.1, -0.05) is 60.1 Å².